The van der Waals surface area contributed by atoms with Crippen LogP contribution in [0, 0.1) is 13.8 Å². The van der Waals surface area contributed by atoms with Gasteiger partial charge in [-0.3, -0.25) is 4.99 Å². The molecule has 3 heterocycles. The van der Waals surface area contributed by atoms with Crippen LogP contribution >= 0.6 is 11.8 Å². The van der Waals surface area contributed by atoms with E-state index in [-0.39, 0.29) is 6.10 Å². The van der Waals surface area contributed by atoms with Crippen LogP contribution in [0.15, 0.2) is 52.5 Å². The highest BCUT2D eigenvalue weighted by Gasteiger charge is 2.26. The number of hydrogen-bond acceptors (Lipinski definition) is 5. The molecule has 0 amide bonds. The van der Waals surface area contributed by atoms with E-state index in [1.807, 2.05) is 12.1 Å². The molecule has 5 rings (SSSR count). The maximum absolute atomic E-state index is 5.82. The number of aliphatic imine (C=N–C) groups is 1. The number of rotatable bonds is 5. The number of amidine groups is 1. The number of methoxy groups -OCH3 is 1. The molecule has 2 aromatic carbocycles. The lowest BCUT2D eigenvalue weighted by Crippen LogP contribution is -2.32. The van der Waals surface area contributed by atoms with Gasteiger partial charge in [0.1, 0.15) is 10.8 Å². The molecule has 166 valence electrons. The minimum Gasteiger partial charge on any atom is -0.496 e. The molecule has 0 bridgehead atoms. The average molecular weight is 448 g/mol. The predicted molar refractivity (Wildman–Crippen MR) is 131 cm³/mol. The molecule has 2 aliphatic heterocycles. The number of nitrogens with zero attached hydrogens (tertiary/aromatic N) is 3. The van der Waals surface area contributed by atoms with Crippen molar-refractivity contribution in [1.29, 1.82) is 0 Å². The van der Waals surface area contributed by atoms with Crippen molar-refractivity contribution in [2.45, 2.75) is 50.9 Å². The first kappa shape index (κ1) is 21.3. The summed E-state index contributed by atoms with van der Waals surface area (Å²) in [4.78, 5) is 12.4. The van der Waals surface area contributed by atoms with Gasteiger partial charge in [-0.05, 0) is 61.7 Å². The first-order valence-corrected chi connectivity index (χ1v) is 12.0. The second-order valence-corrected chi connectivity index (χ2v) is 9.52. The van der Waals surface area contributed by atoms with Crippen LogP contribution in [-0.2, 0) is 17.8 Å². The molecule has 32 heavy (non-hydrogen) atoms. The van der Waals surface area contributed by atoms with Crippen LogP contribution in [0.25, 0.3) is 10.9 Å². The van der Waals surface area contributed by atoms with Crippen molar-refractivity contribution in [2.24, 2.45) is 4.99 Å². The first-order chi connectivity index (χ1) is 15.6. The van der Waals surface area contributed by atoms with E-state index in [2.05, 4.69) is 49.1 Å². The third-order valence-corrected chi connectivity index (χ3v) is 7.50. The molecule has 1 fully saturated rings. The Balaban J connectivity index is 1.51. The fraction of sp³-hybridized carbons (Fsp3) is 0.385. The molecule has 0 aliphatic carbocycles. The van der Waals surface area contributed by atoms with Crippen molar-refractivity contribution in [1.82, 2.24) is 9.88 Å². The van der Waals surface area contributed by atoms with Crippen molar-refractivity contribution in [3.63, 3.8) is 0 Å². The van der Waals surface area contributed by atoms with Crippen LogP contribution in [0.2, 0.25) is 0 Å². The zero-order valence-corrected chi connectivity index (χ0v) is 19.7. The lowest BCUT2D eigenvalue weighted by molar-refractivity contribution is 0.117. The Kier molecular flexibility index (Phi) is 6.07. The zero-order chi connectivity index (χ0) is 22.1. The van der Waals surface area contributed by atoms with E-state index in [0.29, 0.717) is 6.54 Å². The molecule has 0 N–H and O–H groups in total. The van der Waals surface area contributed by atoms with E-state index >= 15 is 0 Å². The van der Waals surface area contributed by atoms with Gasteiger partial charge in [0.05, 0.1) is 25.3 Å². The second-order valence-electron chi connectivity index (χ2n) is 8.56. The molecule has 0 saturated carbocycles. The molecule has 1 atom stereocenters. The molecule has 3 aromatic rings. The number of aromatic nitrogens is 1. The van der Waals surface area contributed by atoms with Gasteiger partial charge in [0.15, 0.2) is 5.17 Å². The van der Waals surface area contributed by atoms with Crippen LogP contribution in [0.1, 0.15) is 35.1 Å². The molecule has 0 spiro atoms. The first-order valence-electron chi connectivity index (χ1n) is 11.2. The summed E-state index contributed by atoms with van der Waals surface area (Å²) in [5, 5.41) is 3.27. The van der Waals surface area contributed by atoms with Crippen molar-refractivity contribution in [3.05, 3.63) is 64.7 Å². The summed E-state index contributed by atoms with van der Waals surface area (Å²) in [6, 6.07) is 14.9. The number of hydrogen-bond donors (Lipinski definition) is 0. The number of para-hydroxylation sites is 1. The molecule has 5 nitrogen and oxygen atoms in total. The molecule has 0 radical (unpaired) electrons. The van der Waals surface area contributed by atoms with Gasteiger partial charge in [-0.1, -0.05) is 30.3 Å². The minimum absolute atomic E-state index is 0.229. The third kappa shape index (κ3) is 4.21. The zero-order valence-electron chi connectivity index (χ0n) is 18.9. The van der Waals surface area contributed by atoms with Crippen molar-refractivity contribution in [2.75, 3.05) is 20.3 Å². The van der Waals surface area contributed by atoms with Crippen LogP contribution < -0.4 is 4.74 Å². The molecular weight excluding hydrogens is 418 g/mol. The smallest absolute Gasteiger partial charge is 0.166 e. The fourth-order valence-electron chi connectivity index (χ4n) is 4.40. The Morgan fingerprint density at radius 2 is 2.09 bits per heavy atom. The number of thioether (sulfide) groups is 1. The van der Waals surface area contributed by atoms with Gasteiger partial charge in [0, 0.05) is 36.2 Å². The second kappa shape index (κ2) is 9.12. The number of benzene rings is 2. The normalized spacial score (nSPS) is 19.5. The Labute approximate surface area is 193 Å². The van der Waals surface area contributed by atoms with E-state index in [1.54, 1.807) is 18.9 Å². The van der Waals surface area contributed by atoms with Gasteiger partial charge < -0.3 is 14.4 Å². The maximum Gasteiger partial charge on any atom is 0.166 e. The predicted octanol–water partition coefficient (Wildman–Crippen LogP) is 5.50. The van der Waals surface area contributed by atoms with Crippen molar-refractivity contribution >= 4 is 27.8 Å². The van der Waals surface area contributed by atoms with Crippen LogP contribution in [0.4, 0.5) is 0 Å². The van der Waals surface area contributed by atoms with E-state index < -0.39 is 0 Å². The Hall–Kier alpha value is -2.57. The average Bonchev–Trinajstić information content (AvgIpc) is 3.33. The Morgan fingerprint density at radius 1 is 1.22 bits per heavy atom. The van der Waals surface area contributed by atoms with Crippen molar-refractivity contribution in [3.8, 4) is 5.75 Å². The summed E-state index contributed by atoms with van der Waals surface area (Å²) >= 11 is 1.68. The molecular formula is C26H29N3O2S. The molecule has 6 heteroatoms. The largest absolute Gasteiger partial charge is 0.496 e. The number of fused-ring (bicyclic) bond motifs is 2. The van der Waals surface area contributed by atoms with Gasteiger partial charge in [-0.15, -0.1) is 0 Å². The quantitative estimate of drug-likeness (QED) is 0.517. The topological polar surface area (TPSA) is 47.0 Å². The molecule has 1 aromatic heterocycles. The Morgan fingerprint density at radius 3 is 2.91 bits per heavy atom. The highest BCUT2D eigenvalue weighted by atomic mass is 32.2. The van der Waals surface area contributed by atoms with Gasteiger partial charge in [-0.2, -0.15) is 0 Å². The summed E-state index contributed by atoms with van der Waals surface area (Å²) in [6.45, 7) is 7.37. The van der Waals surface area contributed by atoms with Gasteiger partial charge >= 0.3 is 0 Å². The fourth-order valence-corrected chi connectivity index (χ4v) is 5.36. The van der Waals surface area contributed by atoms with Gasteiger partial charge in [0.2, 0.25) is 0 Å². The molecule has 2 aliphatic rings. The lowest BCUT2D eigenvalue weighted by Gasteiger charge is -2.31. The van der Waals surface area contributed by atoms with E-state index in [4.69, 9.17) is 19.5 Å². The third-order valence-electron chi connectivity index (χ3n) is 6.38. The van der Waals surface area contributed by atoms with Crippen molar-refractivity contribution < 1.29 is 9.47 Å². The SMILES string of the molecule is COc1ccccc1CN1Cc2cc3ccc(C)c(C)c3nc2SC1=NC[C@@H]1CCCO1. The summed E-state index contributed by atoms with van der Waals surface area (Å²) < 4.78 is 11.4. The number of ether oxygens (including phenoxy) is 2. The lowest BCUT2D eigenvalue weighted by atomic mass is 10.0. The highest BCUT2D eigenvalue weighted by molar-refractivity contribution is 8.13. The molecule has 1 saturated heterocycles. The summed E-state index contributed by atoms with van der Waals surface area (Å²) in [5.41, 5.74) is 6.02. The summed E-state index contributed by atoms with van der Waals surface area (Å²) in [7, 11) is 1.73. The Bertz CT molecular complexity index is 1170. The highest BCUT2D eigenvalue weighted by Crippen LogP contribution is 2.36. The van der Waals surface area contributed by atoms with Gasteiger partial charge in [0.25, 0.3) is 0 Å². The summed E-state index contributed by atoms with van der Waals surface area (Å²) in [5.74, 6) is 0.907. The molecule has 0 unspecified atom stereocenters. The minimum atomic E-state index is 0.229. The number of aryl methyl sites for hydroxylation is 2. The van der Waals surface area contributed by atoms with Crippen LogP contribution in [0.3, 0.4) is 0 Å². The van der Waals surface area contributed by atoms with Crippen LogP contribution in [-0.4, -0.2) is 41.4 Å². The maximum atomic E-state index is 5.82. The van der Waals surface area contributed by atoms with Crippen LogP contribution in [0.5, 0.6) is 5.75 Å². The van der Waals surface area contributed by atoms with E-state index in [0.717, 1.165) is 59.6 Å². The van der Waals surface area contributed by atoms with Gasteiger partial charge in [-0.25, -0.2) is 4.98 Å². The monoisotopic (exact) mass is 447 g/mol. The summed E-state index contributed by atoms with van der Waals surface area (Å²) in [6.07, 6.45) is 2.45. The standard InChI is InChI=1S/C26H29N3O2S/c1-17-10-11-19-13-21-16-29(15-20-7-4-5-9-23(20)30-3)26(27-14-22-8-6-12-31-22)32-25(21)28-24(19)18(17)2/h4-5,7,9-11,13,22H,6,8,12,14-16H2,1-3H3/t22-/m0/s1. The number of pyridine rings is 1. The van der Waals surface area contributed by atoms with E-state index in [9.17, 15) is 0 Å². The van der Waals surface area contributed by atoms with E-state index in [1.165, 1.54) is 22.1 Å².